The Bertz CT molecular complexity index is 1160. The first-order valence-electron chi connectivity index (χ1n) is 9.04. The third-order valence-corrected chi connectivity index (χ3v) is 5.54. The SMILES string of the molecule is Cc1nc(-c2ccccc2)nc2c1-c1ccc3ccccc3c1C2(C)C. The first kappa shape index (κ1) is 15.3. The minimum absolute atomic E-state index is 0.150. The van der Waals surface area contributed by atoms with Gasteiger partial charge in [0.1, 0.15) is 0 Å². The smallest absolute Gasteiger partial charge is 0.159 e. The van der Waals surface area contributed by atoms with Crippen molar-refractivity contribution >= 4 is 10.8 Å². The monoisotopic (exact) mass is 336 g/mol. The summed E-state index contributed by atoms with van der Waals surface area (Å²) in [5.74, 6) is 0.812. The van der Waals surface area contributed by atoms with Gasteiger partial charge in [0.25, 0.3) is 0 Å². The van der Waals surface area contributed by atoms with Gasteiger partial charge in [-0.05, 0) is 28.8 Å². The molecule has 0 radical (unpaired) electrons. The van der Waals surface area contributed by atoms with E-state index in [-0.39, 0.29) is 5.41 Å². The zero-order valence-electron chi connectivity index (χ0n) is 15.2. The Kier molecular flexibility index (Phi) is 3.08. The van der Waals surface area contributed by atoms with E-state index in [1.807, 2.05) is 18.2 Å². The molecule has 3 aromatic carbocycles. The Morgan fingerprint density at radius 2 is 1.50 bits per heavy atom. The lowest BCUT2D eigenvalue weighted by atomic mass is 9.82. The topological polar surface area (TPSA) is 25.8 Å². The number of aromatic nitrogens is 2. The molecule has 1 heterocycles. The molecule has 0 bridgehead atoms. The Hall–Kier alpha value is -3.00. The number of rotatable bonds is 1. The van der Waals surface area contributed by atoms with E-state index in [9.17, 15) is 0 Å². The molecule has 26 heavy (non-hydrogen) atoms. The first-order valence-corrected chi connectivity index (χ1v) is 9.04. The molecule has 1 aliphatic rings. The maximum atomic E-state index is 5.05. The van der Waals surface area contributed by atoms with E-state index in [0.717, 1.165) is 22.8 Å². The predicted octanol–water partition coefficient (Wildman–Crippen LogP) is 5.91. The molecule has 0 atom stereocenters. The fourth-order valence-electron chi connectivity index (χ4n) is 4.34. The van der Waals surface area contributed by atoms with Crippen molar-refractivity contribution in [3.63, 3.8) is 0 Å². The van der Waals surface area contributed by atoms with Gasteiger partial charge < -0.3 is 0 Å². The normalized spacial score (nSPS) is 14.3. The zero-order valence-corrected chi connectivity index (χ0v) is 15.2. The molecule has 2 nitrogen and oxygen atoms in total. The van der Waals surface area contributed by atoms with Gasteiger partial charge in [0.15, 0.2) is 5.82 Å². The summed E-state index contributed by atoms with van der Waals surface area (Å²) in [6.07, 6.45) is 0. The molecular formula is C24H20N2. The maximum absolute atomic E-state index is 5.05. The van der Waals surface area contributed by atoms with Crippen molar-refractivity contribution < 1.29 is 0 Å². The largest absolute Gasteiger partial charge is 0.233 e. The molecular weight excluding hydrogens is 316 g/mol. The van der Waals surface area contributed by atoms with Crippen LogP contribution in [0.4, 0.5) is 0 Å². The summed E-state index contributed by atoms with van der Waals surface area (Å²) >= 11 is 0. The van der Waals surface area contributed by atoms with Crippen molar-refractivity contribution in [1.82, 2.24) is 9.97 Å². The van der Waals surface area contributed by atoms with E-state index in [1.165, 1.54) is 27.5 Å². The number of hydrogen-bond acceptors (Lipinski definition) is 2. The molecule has 0 unspecified atom stereocenters. The van der Waals surface area contributed by atoms with Crippen molar-refractivity contribution in [2.75, 3.05) is 0 Å². The Morgan fingerprint density at radius 1 is 0.769 bits per heavy atom. The van der Waals surface area contributed by atoms with Gasteiger partial charge in [-0.2, -0.15) is 0 Å². The molecule has 1 aromatic heterocycles. The molecule has 1 aliphatic carbocycles. The lowest BCUT2D eigenvalue weighted by Crippen LogP contribution is -2.18. The Labute approximate surface area is 153 Å². The molecule has 0 saturated carbocycles. The van der Waals surface area contributed by atoms with Crippen LogP contribution in [0.5, 0.6) is 0 Å². The second kappa shape index (κ2) is 5.25. The quantitative estimate of drug-likeness (QED) is 0.432. The summed E-state index contributed by atoms with van der Waals surface area (Å²) in [7, 11) is 0. The van der Waals surface area contributed by atoms with E-state index >= 15 is 0 Å². The highest BCUT2D eigenvalue weighted by molar-refractivity contribution is 5.97. The molecule has 0 aliphatic heterocycles. The average Bonchev–Trinajstić information content (AvgIpc) is 2.90. The van der Waals surface area contributed by atoms with Gasteiger partial charge in [0.2, 0.25) is 0 Å². The van der Waals surface area contributed by atoms with Crippen LogP contribution in [-0.2, 0) is 5.41 Å². The fourth-order valence-corrected chi connectivity index (χ4v) is 4.34. The van der Waals surface area contributed by atoms with Crippen molar-refractivity contribution in [2.45, 2.75) is 26.2 Å². The lowest BCUT2D eigenvalue weighted by Gasteiger charge is -2.22. The van der Waals surface area contributed by atoms with Crippen LogP contribution in [0, 0.1) is 6.92 Å². The summed E-state index contributed by atoms with van der Waals surface area (Å²) in [6, 6.07) is 23.3. The Morgan fingerprint density at radius 3 is 2.31 bits per heavy atom. The van der Waals surface area contributed by atoms with Crippen LogP contribution in [0.2, 0.25) is 0 Å². The van der Waals surface area contributed by atoms with Crippen LogP contribution in [0.25, 0.3) is 33.3 Å². The average molecular weight is 336 g/mol. The van der Waals surface area contributed by atoms with E-state index in [0.29, 0.717) is 0 Å². The van der Waals surface area contributed by atoms with Crippen LogP contribution >= 0.6 is 0 Å². The molecule has 0 saturated heterocycles. The summed E-state index contributed by atoms with van der Waals surface area (Å²) in [4.78, 5) is 9.90. The molecule has 2 heteroatoms. The summed E-state index contributed by atoms with van der Waals surface area (Å²) < 4.78 is 0. The van der Waals surface area contributed by atoms with E-state index in [4.69, 9.17) is 9.97 Å². The van der Waals surface area contributed by atoms with Crippen molar-refractivity contribution in [3.8, 4) is 22.5 Å². The number of aryl methyl sites for hydroxylation is 1. The van der Waals surface area contributed by atoms with Gasteiger partial charge in [-0.3, -0.25) is 0 Å². The van der Waals surface area contributed by atoms with E-state index < -0.39 is 0 Å². The highest BCUT2D eigenvalue weighted by atomic mass is 14.9. The highest BCUT2D eigenvalue weighted by Gasteiger charge is 2.40. The number of nitrogens with zero attached hydrogens (tertiary/aromatic N) is 2. The first-order chi connectivity index (χ1) is 12.6. The third-order valence-electron chi connectivity index (χ3n) is 5.54. The molecule has 0 spiro atoms. The van der Waals surface area contributed by atoms with Gasteiger partial charge in [-0.15, -0.1) is 0 Å². The fraction of sp³-hybridized carbons (Fsp3) is 0.167. The van der Waals surface area contributed by atoms with Crippen LogP contribution in [0.1, 0.15) is 30.8 Å². The van der Waals surface area contributed by atoms with E-state index in [1.54, 1.807) is 0 Å². The van der Waals surface area contributed by atoms with Crippen LogP contribution in [-0.4, -0.2) is 9.97 Å². The number of fused-ring (bicyclic) bond motifs is 5. The van der Waals surface area contributed by atoms with E-state index in [2.05, 4.69) is 69.3 Å². The predicted molar refractivity (Wildman–Crippen MR) is 107 cm³/mol. The minimum Gasteiger partial charge on any atom is -0.233 e. The second-order valence-corrected chi connectivity index (χ2v) is 7.56. The Balaban J connectivity index is 1.83. The molecule has 0 N–H and O–H groups in total. The molecule has 126 valence electrons. The number of benzene rings is 3. The summed E-state index contributed by atoms with van der Waals surface area (Å²) in [6.45, 7) is 6.67. The molecule has 0 amide bonds. The zero-order chi connectivity index (χ0) is 17.9. The van der Waals surface area contributed by atoms with Gasteiger partial charge in [-0.25, -0.2) is 9.97 Å². The summed E-state index contributed by atoms with van der Waals surface area (Å²) in [5, 5.41) is 2.59. The molecule has 0 fully saturated rings. The highest BCUT2D eigenvalue weighted by Crippen LogP contribution is 2.51. The minimum atomic E-state index is -0.150. The van der Waals surface area contributed by atoms with Gasteiger partial charge in [0, 0.05) is 22.2 Å². The van der Waals surface area contributed by atoms with Crippen molar-refractivity contribution in [1.29, 1.82) is 0 Å². The van der Waals surface area contributed by atoms with Crippen molar-refractivity contribution in [3.05, 3.63) is 83.7 Å². The third kappa shape index (κ3) is 1.99. The second-order valence-electron chi connectivity index (χ2n) is 7.56. The van der Waals surface area contributed by atoms with Gasteiger partial charge in [-0.1, -0.05) is 80.6 Å². The maximum Gasteiger partial charge on any atom is 0.159 e. The molecule has 4 aromatic rings. The van der Waals surface area contributed by atoms with Gasteiger partial charge >= 0.3 is 0 Å². The number of hydrogen-bond donors (Lipinski definition) is 0. The standard InChI is InChI=1S/C24H20N2/c1-15-20-19-14-13-16-9-7-8-12-18(16)21(19)24(2,3)22(20)26-23(25-15)17-10-5-4-6-11-17/h4-14H,1-3H3. The van der Waals surface area contributed by atoms with Gasteiger partial charge in [0.05, 0.1) is 5.69 Å². The summed E-state index contributed by atoms with van der Waals surface area (Å²) in [5.41, 5.74) is 6.95. The van der Waals surface area contributed by atoms with Crippen molar-refractivity contribution in [2.24, 2.45) is 0 Å². The van der Waals surface area contributed by atoms with Crippen LogP contribution in [0.3, 0.4) is 0 Å². The molecule has 5 rings (SSSR count). The lowest BCUT2D eigenvalue weighted by molar-refractivity contribution is 0.640. The van der Waals surface area contributed by atoms with Crippen LogP contribution < -0.4 is 0 Å². The van der Waals surface area contributed by atoms with Crippen LogP contribution in [0.15, 0.2) is 66.7 Å².